The zero-order valence-corrected chi connectivity index (χ0v) is 15.0. The van der Waals surface area contributed by atoms with Crippen molar-refractivity contribution in [2.24, 2.45) is 0 Å². The Morgan fingerprint density at radius 1 is 1.43 bits per heavy atom. The number of esters is 1. The van der Waals surface area contributed by atoms with Gasteiger partial charge in [0, 0.05) is 10.6 Å². The number of nitrogens with one attached hydrogen (secondary N) is 1. The van der Waals surface area contributed by atoms with Crippen LogP contribution in [-0.4, -0.2) is 25.2 Å². The molecule has 1 N–H and O–H groups in total. The van der Waals surface area contributed by atoms with Crippen LogP contribution in [0.1, 0.15) is 55.8 Å². The fraction of sp³-hybridized carbons (Fsp3) is 0.529. The average molecular weight is 334 g/mol. The lowest BCUT2D eigenvalue weighted by Crippen LogP contribution is -2.53. The van der Waals surface area contributed by atoms with Gasteiger partial charge in [-0.15, -0.1) is 11.3 Å². The molecule has 0 saturated carbocycles. The molecular weight excluding hydrogens is 312 g/mol. The first-order valence-electron chi connectivity index (χ1n) is 7.76. The Labute approximate surface area is 140 Å². The second-order valence-corrected chi connectivity index (χ2v) is 8.06. The SMILES string of the molecule is COC(=O)C1=C(C)N2c3sc(C(C)(C)C)cc3C(=O)NC2CC1. The number of carbonyl (C=O) groups excluding carboxylic acids is 2. The number of allylic oxidation sites excluding steroid dienone is 1. The summed E-state index contributed by atoms with van der Waals surface area (Å²) in [6.45, 7) is 8.34. The van der Waals surface area contributed by atoms with Crippen LogP contribution in [0.5, 0.6) is 0 Å². The molecule has 1 atom stereocenters. The molecular formula is C17H22N2O3S. The largest absolute Gasteiger partial charge is 0.466 e. The van der Waals surface area contributed by atoms with Crippen molar-refractivity contribution in [2.45, 2.75) is 52.1 Å². The fourth-order valence-electron chi connectivity index (χ4n) is 3.10. The van der Waals surface area contributed by atoms with Crippen molar-refractivity contribution < 1.29 is 14.3 Å². The van der Waals surface area contributed by atoms with Crippen LogP contribution in [0.2, 0.25) is 0 Å². The number of amides is 1. The summed E-state index contributed by atoms with van der Waals surface area (Å²) in [6.07, 6.45) is 1.23. The number of fused-ring (bicyclic) bond motifs is 3. The molecule has 1 unspecified atom stereocenters. The number of rotatable bonds is 1. The predicted octanol–water partition coefficient (Wildman–Crippen LogP) is 3.16. The first-order valence-corrected chi connectivity index (χ1v) is 8.58. The average Bonchev–Trinajstić information content (AvgIpc) is 2.92. The molecule has 2 aliphatic heterocycles. The molecule has 3 heterocycles. The van der Waals surface area contributed by atoms with E-state index in [2.05, 4.69) is 31.0 Å². The van der Waals surface area contributed by atoms with Gasteiger partial charge in [0.1, 0.15) is 11.2 Å². The quantitative estimate of drug-likeness (QED) is 0.802. The van der Waals surface area contributed by atoms with E-state index >= 15 is 0 Å². The van der Waals surface area contributed by atoms with Crippen molar-refractivity contribution in [1.29, 1.82) is 0 Å². The van der Waals surface area contributed by atoms with E-state index in [1.165, 1.54) is 7.11 Å². The third kappa shape index (κ3) is 2.55. The zero-order valence-electron chi connectivity index (χ0n) is 14.1. The van der Waals surface area contributed by atoms with Crippen LogP contribution < -0.4 is 10.2 Å². The molecule has 0 spiro atoms. The molecule has 0 saturated heterocycles. The van der Waals surface area contributed by atoms with E-state index in [0.717, 1.165) is 15.6 Å². The monoisotopic (exact) mass is 334 g/mol. The van der Waals surface area contributed by atoms with Crippen LogP contribution in [0.3, 0.4) is 0 Å². The minimum Gasteiger partial charge on any atom is -0.466 e. The molecule has 124 valence electrons. The molecule has 0 fully saturated rings. The van der Waals surface area contributed by atoms with Gasteiger partial charge in [0.25, 0.3) is 5.91 Å². The number of methoxy groups -OCH3 is 1. The fourth-order valence-corrected chi connectivity index (χ4v) is 4.41. The van der Waals surface area contributed by atoms with Crippen LogP contribution in [0.4, 0.5) is 5.00 Å². The Bertz CT molecular complexity index is 712. The molecule has 5 nitrogen and oxygen atoms in total. The van der Waals surface area contributed by atoms with E-state index in [1.54, 1.807) is 11.3 Å². The Morgan fingerprint density at radius 3 is 2.74 bits per heavy atom. The van der Waals surface area contributed by atoms with E-state index in [9.17, 15) is 9.59 Å². The van der Waals surface area contributed by atoms with Gasteiger partial charge < -0.3 is 15.0 Å². The summed E-state index contributed by atoms with van der Waals surface area (Å²) in [4.78, 5) is 27.7. The summed E-state index contributed by atoms with van der Waals surface area (Å²) in [7, 11) is 1.40. The summed E-state index contributed by atoms with van der Waals surface area (Å²) in [5, 5.41) is 3.99. The minimum atomic E-state index is -0.285. The van der Waals surface area contributed by atoms with Crippen LogP contribution in [0.25, 0.3) is 0 Å². The van der Waals surface area contributed by atoms with Gasteiger partial charge in [-0.25, -0.2) is 4.79 Å². The normalized spacial score (nSPS) is 20.8. The van der Waals surface area contributed by atoms with Crippen molar-refractivity contribution in [3.8, 4) is 0 Å². The number of anilines is 1. The van der Waals surface area contributed by atoms with Gasteiger partial charge in [0.05, 0.1) is 18.2 Å². The van der Waals surface area contributed by atoms with Crippen molar-refractivity contribution in [1.82, 2.24) is 5.32 Å². The first-order chi connectivity index (χ1) is 10.7. The Hall–Kier alpha value is -1.82. The maximum Gasteiger partial charge on any atom is 0.335 e. The maximum atomic E-state index is 12.4. The molecule has 0 radical (unpaired) electrons. The Kier molecular flexibility index (Phi) is 3.75. The Morgan fingerprint density at radius 2 is 2.13 bits per heavy atom. The van der Waals surface area contributed by atoms with Gasteiger partial charge in [0.15, 0.2) is 0 Å². The van der Waals surface area contributed by atoms with E-state index in [0.29, 0.717) is 24.0 Å². The zero-order chi connectivity index (χ0) is 16.9. The standard InChI is InChI=1S/C17H22N2O3S/c1-9-10(16(21)22-5)6-7-13-18-14(20)11-8-12(17(2,3)4)23-15(11)19(9)13/h8,13H,6-7H2,1-5H3,(H,18,20). The maximum absolute atomic E-state index is 12.4. The number of ether oxygens (including phenoxy) is 1. The number of thiophene rings is 1. The van der Waals surface area contributed by atoms with Gasteiger partial charge in [-0.2, -0.15) is 0 Å². The van der Waals surface area contributed by atoms with E-state index in [-0.39, 0.29) is 23.5 Å². The third-order valence-corrected chi connectivity index (χ3v) is 5.98. The molecule has 3 rings (SSSR count). The highest BCUT2D eigenvalue weighted by atomic mass is 32.1. The lowest BCUT2D eigenvalue weighted by atomic mass is 9.93. The van der Waals surface area contributed by atoms with Gasteiger partial charge in [-0.05, 0) is 31.2 Å². The van der Waals surface area contributed by atoms with E-state index in [1.807, 2.05) is 13.0 Å². The molecule has 0 aliphatic carbocycles. The van der Waals surface area contributed by atoms with Crippen LogP contribution >= 0.6 is 11.3 Å². The van der Waals surface area contributed by atoms with Crippen molar-refractivity contribution in [3.63, 3.8) is 0 Å². The summed E-state index contributed by atoms with van der Waals surface area (Å²) in [5.41, 5.74) is 2.24. The van der Waals surface area contributed by atoms with Crippen LogP contribution in [-0.2, 0) is 14.9 Å². The van der Waals surface area contributed by atoms with Crippen molar-refractivity contribution >= 4 is 28.2 Å². The number of hydrogen-bond donors (Lipinski definition) is 1. The smallest absolute Gasteiger partial charge is 0.335 e. The molecule has 2 aliphatic rings. The first kappa shape index (κ1) is 16.1. The van der Waals surface area contributed by atoms with E-state index < -0.39 is 0 Å². The van der Waals surface area contributed by atoms with Crippen molar-refractivity contribution in [2.75, 3.05) is 12.0 Å². The van der Waals surface area contributed by atoms with Gasteiger partial charge in [0.2, 0.25) is 0 Å². The molecule has 6 heteroatoms. The number of nitrogens with zero attached hydrogens (tertiary/aromatic N) is 1. The topological polar surface area (TPSA) is 58.6 Å². The van der Waals surface area contributed by atoms with Gasteiger partial charge in [-0.3, -0.25) is 4.79 Å². The highest BCUT2D eigenvalue weighted by Crippen LogP contribution is 2.44. The number of carbonyl (C=O) groups is 2. The second-order valence-electron chi connectivity index (χ2n) is 7.03. The molecule has 1 aromatic rings. The molecule has 0 bridgehead atoms. The van der Waals surface area contributed by atoms with Crippen LogP contribution in [0, 0.1) is 0 Å². The summed E-state index contributed by atoms with van der Waals surface area (Å²) in [6, 6.07) is 1.98. The third-order valence-electron chi connectivity index (χ3n) is 4.42. The molecule has 0 aromatic carbocycles. The lowest BCUT2D eigenvalue weighted by molar-refractivity contribution is -0.136. The minimum absolute atomic E-state index is 0.0175. The second kappa shape index (κ2) is 5.37. The molecule has 1 amide bonds. The summed E-state index contributed by atoms with van der Waals surface area (Å²) in [5.74, 6) is -0.311. The van der Waals surface area contributed by atoms with Crippen molar-refractivity contribution in [3.05, 3.63) is 27.8 Å². The molecule has 23 heavy (non-hydrogen) atoms. The summed E-state index contributed by atoms with van der Waals surface area (Å²) >= 11 is 1.64. The predicted molar refractivity (Wildman–Crippen MR) is 90.7 cm³/mol. The Balaban J connectivity index is 2.13. The lowest BCUT2D eigenvalue weighted by Gasteiger charge is -2.41. The highest BCUT2D eigenvalue weighted by Gasteiger charge is 2.39. The molecule has 1 aromatic heterocycles. The highest BCUT2D eigenvalue weighted by molar-refractivity contribution is 7.16. The van der Waals surface area contributed by atoms with Gasteiger partial charge >= 0.3 is 5.97 Å². The number of hydrogen-bond acceptors (Lipinski definition) is 5. The van der Waals surface area contributed by atoms with Crippen LogP contribution in [0.15, 0.2) is 17.3 Å². The summed E-state index contributed by atoms with van der Waals surface area (Å²) < 4.78 is 4.90. The van der Waals surface area contributed by atoms with E-state index in [4.69, 9.17) is 4.74 Å². The van der Waals surface area contributed by atoms with Gasteiger partial charge in [-0.1, -0.05) is 20.8 Å².